The predicted molar refractivity (Wildman–Crippen MR) is 106 cm³/mol. The fourth-order valence-electron chi connectivity index (χ4n) is 3.39. The lowest BCUT2D eigenvalue weighted by Crippen LogP contribution is -2.54. The van der Waals surface area contributed by atoms with Crippen LogP contribution >= 0.6 is 0 Å². The Balaban J connectivity index is 2.05. The summed E-state index contributed by atoms with van der Waals surface area (Å²) in [6, 6.07) is 6.54. The number of piperazine rings is 1. The molecule has 1 saturated heterocycles. The molecule has 1 aliphatic heterocycles. The Hall–Kier alpha value is -1.59. The molecule has 0 radical (unpaired) electrons. The van der Waals surface area contributed by atoms with Crippen molar-refractivity contribution >= 4 is 11.7 Å². The zero-order valence-corrected chi connectivity index (χ0v) is 16.6. The van der Waals surface area contributed by atoms with Gasteiger partial charge in [-0.15, -0.1) is 0 Å². The van der Waals surface area contributed by atoms with Crippen LogP contribution in [-0.2, 0) is 0 Å². The minimum Gasteiger partial charge on any atom is -0.336 e. The van der Waals surface area contributed by atoms with Crippen molar-refractivity contribution in [1.29, 1.82) is 0 Å². The second kappa shape index (κ2) is 8.68. The highest BCUT2D eigenvalue weighted by Gasteiger charge is 2.23. The van der Waals surface area contributed by atoms with E-state index in [1.807, 2.05) is 0 Å². The molecule has 1 aromatic rings. The van der Waals surface area contributed by atoms with Crippen LogP contribution < -0.4 is 10.6 Å². The zero-order valence-electron chi connectivity index (χ0n) is 16.6. The van der Waals surface area contributed by atoms with Crippen molar-refractivity contribution in [3.63, 3.8) is 0 Å². The number of benzene rings is 1. The smallest absolute Gasteiger partial charge is 0.319 e. The quantitative estimate of drug-likeness (QED) is 0.860. The first-order valence-electron chi connectivity index (χ1n) is 9.36. The molecule has 2 amide bonds. The number of carbonyl (C=O) groups excluding carboxylic acids is 1. The molecule has 0 aromatic heterocycles. The largest absolute Gasteiger partial charge is 0.336 e. The maximum absolute atomic E-state index is 12.5. The molecule has 1 heterocycles. The fraction of sp³-hybridized carbons (Fsp3) is 0.650. The lowest BCUT2D eigenvalue weighted by molar-refractivity contribution is 0.115. The van der Waals surface area contributed by atoms with Crippen LogP contribution in [0.1, 0.15) is 50.7 Å². The van der Waals surface area contributed by atoms with Crippen molar-refractivity contribution in [3.8, 4) is 0 Å². The van der Waals surface area contributed by atoms with Gasteiger partial charge in [0.1, 0.15) is 0 Å². The zero-order chi connectivity index (χ0) is 18.6. The number of urea groups is 1. The highest BCUT2D eigenvalue weighted by Crippen LogP contribution is 2.32. The molecule has 1 atom stereocenters. The number of amides is 2. The van der Waals surface area contributed by atoms with Gasteiger partial charge in [0.15, 0.2) is 0 Å². The fourth-order valence-corrected chi connectivity index (χ4v) is 3.39. The van der Waals surface area contributed by atoms with Gasteiger partial charge in [-0.25, -0.2) is 4.79 Å². The van der Waals surface area contributed by atoms with Gasteiger partial charge in [0.05, 0.1) is 0 Å². The third-order valence-electron chi connectivity index (χ3n) is 5.09. The molecule has 1 aliphatic rings. The Labute approximate surface area is 152 Å². The highest BCUT2D eigenvalue weighted by atomic mass is 16.2. The molecule has 5 nitrogen and oxygen atoms in total. The van der Waals surface area contributed by atoms with E-state index >= 15 is 0 Å². The number of hydrogen-bond acceptors (Lipinski definition) is 3. The van der Waals surface area contributed by atoms with Gasteiger partial charge in [-0.1, -0.05) is 45.9 Å². The van der Waals surface area contributed by atoms with Crippen LogP contribution in [0.15, 0.2) is 18.2 Å². The summed E-state index contributed by atoms with van der Waals surface area (Å²) in [5.41, 5.74) is 3.35. The van der Waals surface area contributed by atoms with Crippen LogP contribution in [0.5, 0.6) is 0 Å². The summed E-state index contributed by atoms with van der Waals surface area (Å²) in [4.78, 5) is 17.2. The van der Waals surface area contributed by atoms with E-state index in [4.69, 9.17) is 0 Å². The first-order valence-corrected chi connectivity index (χ1v) is 9.36. The maximum Gasteiger partial charge on any atom is 0.319 e. The maximum atomic E-state index is 12.5. The minimum absolute atomic E-state index is 0.114. The summed E-state index contributed by atoms with van der Waals surface area (Å²) in [7, 11) is 4.26. The number of hydrogen-bond donors (Lipinski definition) is 2. The van der Waals surface area contributed by atoms with E-state index in [1.165, 1.54) is 11.1 Å². The van der Waals surface area contributed by atoms with Crippen molar-refractivity contribution in [1.82, 2.24) is 15.1 Å². The molecule has 0 aliphatic carbocycles. The van der Waals surface area contributed by atoms with Gasteiger partial charge in [0.2, 0.25) is 0 Å². The van der Waals surface area contributed by atoms with Gasteiger partial charge in [0.25, 0.3) is 0 Å². The Morgan fingerprint density at radius 2 is 1.72 bits per heavy atom. The van der Waals surface area contributed by atoms with Crippen LogP contribution in [0.4, 0.5) is 10.5 Å². The molecule has 2 N–H and O–H groups in total. The second-order valence-corrected chi connectivity index (χ2v) is 7.85. The summed E-state index contributed by atoms with van der Waals surface area (Å²) in [5, 5.41) is 6.19. The summed E-state index contributed by atoms with van der Waals surface area (Å²) in [5.74, 6) is 0.735. The lowest BCUT2D eigenvalue weighted by atomic mass is 9.93. The van der Waals surface area contributed by atoms with E-state index in [0.717, 1.165) is 25.3 Å². The molecule has 25 heavy (non-hydrogen) atoms. The SMILES string of the molecule is CC(C)c1cccc(C(C)C)c1NC(=O)NC[C@H]1CN(C)CCN1C. The number of para-hydroxylation sites is 1. The summed E-state index contributed by atoms with van der Waals surface area (Å²) in [6.07, 6.45) is 0. The summed E-state index contributed by atoms with van der Waals surface area (Å²) >= 11 is 0. The third-order valence-corrected chi connectivity index (χ3v) is 5.09. The van der Waals surface area contributed by atoms with Crippen molar-refractivity contribution in [2.75, 3.05) is 45.6 Å². The van der Waals surface area contributed by atoms with Gasteiger partial charge in [-0.2, -0.15) is 0 Å². The molecular weight excluding hydrogens is 312 g/mol. The van der Waals surface area contributed by atoms with E-state index < -0.39 is 0 Å². The number of likely N-dealkylation sites (N-methyl/N-ethyl adjacent to an activating group) is 2. The Kier molecular flexibility index (Phi) is 6.85. The first kappa shape index (κ1) is 19.7. The van der Waals surface area contributed by atoms with Crippen molar-refractivity contribution in [2.45, 2.75) is 45.6 Å². The Morgan fingerprint density at radius 1 is 1.12 bits per heavy atom. The topological polar surface area (TPSA) is 47.6 Å². The number of carbonyl (C=O) groups is 1. The first-order chi connectivity index (χ1) is 11.8. The predicted octanol–water partition coefficient (Wildman–Crippen LogP) is 3.30. The standard InChI is InChI=1S/C20H34N4O/c1-14(2)17-8-7-9-18(15(3)4)19(17)22-20(25)21-12-16-13-23(5)10-11-24(16)6/h7-9,14-16H,10-13H2,1-6H3,(H2,21,22,25)/t16-/m0/s1. The Bertz CT molecular complexity index is 559. The molecule has 0 spiro atoms. The van der Waals surface area contributed by atoms with Gasteiger partial charge >= 0.3 is 6.03 Å². The molecule has 2 rings (SSSR count). The molecule has 0 saturated carbocycles. The van der Waals surface area contributed by atoms with E-state index in [9.17, 15) is 4.79 Å². The number of rotatable bonds is 5. The molecule has 1 aromatic carbocycles. The third kappa shape index (κ3) is 5.19. The molecular formula is C20H34N4O. The van der Waals surface area contributed by atoms with E-state index in [2.05, 4.69) is 80.4 Å². The average molecular weight is 347 g/mol. The molecule has 1 fully saturated rings. The van der Waals surface area contributed by atoms with Gasteiger partial charge in [0, 0.05) is 37.9 Å². The Morgan fingerprint density at radius 3 is 2.28 bits per heavy atom. The van der Waals surface area contributed by atoms with Crippen LogP contribution in [0.2, 0.25) is 0 Å². The van der Waals surface area contributed by atoms with Crippen molar-refractivity contribution in [2.24, 2.45) is 0 Å². The number of nitrogens with zero attached hydrogens (tertiary/aromatic N) is 2. The number of anilines is 1. The van der Waals surface area contributed by atoms with Crippen molar-refractivity contribution < 1.29 is 4.79 Å². The van der Waals surface area contributed by atoms with Crippen LogP contribution in [-0.4, -0.2) is 62.1 Å². The molecule has 0 bridgehead atoms. The normalized spacial score (nSPS) is 19.4. The van der Waals surface area contributed by atoms with Crippen LogP contribution in [0.25, 0.3) is 0 Å². The monoisotopic (exact) mass is 346 g/mol. The molecule has 140 valence electrons. The van der Waals surface area contributed by atoms with Gasteiger partial charge in [-0.3, -0.25) is 4.90 Å². The molecule has 0 unspecified atom stereocenters. The second-order valence-electron chi connectivity index (χ2n) is 7.85. The average Bonchev–Trinajstić information content (AvgIpc) is 2.55. The van der Waals surface area contributed by atoms with Gasteiger partial charge < -0.3 is 15.5 Å². The summed E-state index contributed by atoms with van der Waals surface area (Å²) in [6.45, 7) is 12.4. The minimum atomic E-state index is -0.114. The summed E-state index contributed by atoms with van der Waals surface area (Å²) < 4.78 is 0. The van der Waals surface area contributed by atoms with Crippen molar-refractivity contribution in [3.05, 3.63) is 29.3 Å². The van der Waals surface area contributed by atoms with Crippen LogP contribution in [0, 0.1) is 0 Å². The van der Waals surface area contributed by atoms with E-state index in [0.29, 0.717) is 24.4 Å². The van der Waals surface area contributed by atoms with Crippen LogP contribution in [0.3, 0.4) is 0 Å². The van der Waals surface area contributed by atoms with E-state index in [-0.39, 0.29) is 6.03 Å². The van der Waals surface area contributed by atoms with E-state index in [1.54, 1.807) is 0 Å². The number of nitrogens with one attached hydrogen (secondary N) is 2. The van der Waals surface area contributed by atoms with Gasteiger partial charge in [-0.05, 0) is 37.1 Å². The highest BCUT2D eigenvalue weighted by molar-refractivity contribution is 5.91. The molecule has 5 heteroatoms. The lowest BCUT2D eigenvalue weighted by Gasteiger charge is -2.37.